The lowest BCUT2D eigenvalue weighted by Crippen LogP contribution is -2.39. The zero-order valence-electron chi connectivity index (χ0n) is 12.8. The highest BCUT2D eigenvalue weighted by atomic mass is 79.9. The van der Waals surface area contributed by atoms with Gasteiger partial charge in [-0.2, -0.15) is 0 Å². The van der Waals surface area contributed by atoms with Gasteiger partial charge in [0, 0.05) is 18.4 Å². The summed E-state index contributed by atoms with van der Waals surface area (Å²) in [6, 6.07) is 6.07. The Bertz CT molecular complexity index is 511. The minimum Gasteiger partial charge on any atom is -0.493 e. The van der Waals surface area contributed by atoms with Crippen molar-refractivity contribution in [3.8, 4) is 5.75 Å². The second kappa shape index (κ2) is 6.69. The van der Waals surface area contributed by atoms with Gasteiger partial charge in [-0.3, -0.25) is 0 Å². The van der Waals surface area contributed by atoms with Crippen LogP contribution >= 0.6 is 15.9 Å². The van der Waals surface area contributed by atoms with Crippen LogP contribution in [0.2, 0.25) is 0 Å². The van der Waals surface area contributed by atoms with E-state index in [0.29, 0.717) is 19.7 Å². The fourth-order valence-electron chi connectivity index (χ4n) is 2.26. The first-order valence-electron chi connectivity index (χ1n) is 7.17. The highest BCUT2D eigenvalue weighted by Crippen LogP contribution is 2.25. The first-order valence-corrected chi connectivity index (χ1v) is 8.30. The van der Waals surface area contributed by atoms with E-state index >= 15 is 0 Å². The van der Waals surface area contributed by atoms with Crippen LogP contribution in [0.25, 0.3) is 0 Å². The fraction of sp³-hybridized carbons (Fsp3) is 0.562. The van der Waals surface area contributed by atoms with Crippen molar-refractivity contribution in [3.63, 3.8) is 0 Å². The maximum absolute atomic E-state index is 12.1. The number of carbonyl (C=O) groups is 1. The number of amides is 1. The fourth-order valence-corrected chi connectivity index (χ4v) is 2.42. The normalized spacial score (nSPS) is 14.6. The molecule has 1 aromatic carbocycles. The molecule has 1 aliphatic rings. The smallest absolute Gasteiger partial charge is 0.410 e. The van der Waals surface area contributed by atoms with E-state index in [1.807, 2.05) is 32.9 Å². The second-order valence-electron chi connectivity index (χ2n) is 6.12. The van der Waals surface area contributed by atoms with Crippen LogP contribution in [0.15, 0.2) is 18.2 Å². The lowest BCUT2D eigenvalue weighted by atomic mass is 10.00. The third kappa shape index (κ3) is 4.63. The Kier molecular flexibility index (Phi) is 5.14. The van der Waals surface area contributed by atoms with Crippen molar-refractivity contribution >= 4 is 22.0 Å². The van der Waals surface area contributed by atoms with Crippen LogP contribution in [0.5, 0.6) is 5.75 Å². The first-order chi connectivity index (χ1) is 9.89. The maximum atomic E-state index is 12.1. The monoisotopic (exact) mass is 355 g/mol. The standard InChI is InChI=1S/C16H22BrNO3/c1-16(2,3)21-15(19)18-8-6-12-10-14(20-9-7-17)5-4-13(12)11-18/h4-5,10H,6-9,11H2,1-3H3. The van der Waals surface area contributed by atoms with E-state index < -0.39 is 5.60 Å². The molecule has 0 fully saturated rings. The number of nitrogens with zero attached hydrogens (tertiary/aromatic N) is 1. The van der Waals surface area contributed by atoms with Crippen molar-refractivity contribution in [2.24, 2.45) is 0 Å². The molecule has 0 saturated carbocycles. The molecule has 1 amide bonds. The number of rotatable bonds is 3. The van der Waals surface area contributed by atoms with Crippen molar-refractivity contribution in [3.05, 3.63) is 29.3 Å². The van der Waals surface area contributed by atoms with E-state index in [0.717, 1.165) is 17.5 Å². The molecule has 0 radical (unpaired) electrons. The average Bonchev–Trinajstić information content (AvgIpc) is 2.42. The zero-order valence-corrected chi connectivity index (χ0v) is 14.4. The Morgan fingerprint density at radius 1 is 1.33 bits per heavy atom. The molecule has 0 atom stereocenters. The van der Waals surface area contributed by atoms with E-state index in [-0.39, 0.29) is 6.09 Å². The third-order valence-corrected chi connectivity index (χ3v) is 3.51. The Labute approximate surface area is 134 Å². The molecule has 0 saturated heterocycles. The minimum atomic E-state index is -0.454. The zero-order chi connectivity index (χ0) is 15.5. The third-order valence-electron chi connectivity index (χ3n) is 3.19. The summed E-state index contributed by atoms with van der Waals surface area (Å²) >= 11 is 3.35. The summed E-state index contributed by atoms with van der Waals surface area (Å²) in [7, 11) is 0. The van der Waals surface area contributed by atoms with Crippen LogP contribution in [-0.2, 0) is 17.7 Å². The van der Waals surface area contributed by atoms with E-state index in [9.17, 15) is 4.79 Å². The molecule has 1 heterocycles. The van der Waals surface area contributed by atoms with Gasteiger partial charge in [0.15, 0.2) is 0 Å². The predicted molar refractivity (Wildman–Crippen MR) is 86.1 cm³/mol. The van der Waals surface area contributed by atoms with Crippen molar-refractivity contribution in [1.82, 2.24) is 4.90 Å². The van der Waals surface area contributed by atoms with Gasteiger partial charge in [-0.25, -0.2) is 4.79 Å². The van der Waals surface area contributed by atoms with Gasteiger partial charge in [0.1, 0.15) is 11.4 Å². The SMILES string of the molecule is CC(C)(C)OC(=O)N1CCc2cc(OCCBr)ccc2C1. The van der Waals surface area contributed by atoms with Crippen molar-refractivity contribution in [1.29, 1.82) is 0 Å². The van der Waals surface area contributed by atoms with Gasteiger partial charge in [0.05, 0.1) is 6.61 Å². The highest BCUT2D eigenvalue weighted by molar-refractivity contribution is 9.09. The van der Waals surface area contributed by atoms with E-state index in [2.05, 4.69) is 22.0 Å². The molecule has 0 aliphatic carbocycles. The average molecular weight is 356 g/mol. The molecular weight excluding hydrogens is 334 g/mol. The van der Waals surface area contributed by atoms with Gasteiger partial charge in [0.2, 0.25) is 0 Å². The van der Waals surface area contributed by atoms with Gasteiger partial charge in [0.25, 0.3) is 0 Å². The molecule has 4 nitrogen and oxygen atoms in total. The molecule has 0 unspecified atom stereocenters. The Morgan fingerprint density at radius 2 is 2.10 bits per heavy atom. The van der Waals surface area contributed by atoms with E-state index in [4.69, 9.17) is 9.47 Å². The second-order valence-corrected chi connectivity index (χ2v) is 6.91. The number of hydrogen-bond acceptors (Lipinski definition) is 3. The molecule has 21 heavy (non-hydrogen) atoms. The van der Waals surface area contributed by atoms with Crippen LogP contribution in [0.3, 0.4) is 0 Å². The molecular formula is C16H22BrNO3. The first kappa shape index (κ1) is 16.1. The summed E-state index contributed by atoms with van der Waals surface area (Å²) in [4.78, 5) is 13.9. The number of ether oxygens (including phenoxy) is 2. The number of benzene rings is 1. The maximum Gasteiger partial charge on any atom is 0.410 e. The number of carbonyl (C=O) groups excluding carboxylic acids is 1. The molecule has 0 bridgehead atoms. The lowest BCUT2D eigenvalue weighted by Gasteiger charge is -2.31. The van der Waals surface area contributed by atoms with Gasteiger partial charge < -0.3 is 14.4 Å². The topological polar surface area (TPSA) is 38.8 Å². The van der Waals surface area contributed by atoms with Gasteiger partial charge in [-0.15, -0.1) is 0 Å². The van der Waals surface area contributed by atoms with Gasteiger partial charge in [-0.05, 0) is 50.5 Å². The molecule has 0 aromatic heterocycles. The van der Waals surface area contributed by atoms with Crippen molar-refractivity contribution in [2.45, 2.75) is 39.3 Å². The molecule has 1 aromatic rings. The summed E-state index contributed by atoms with van der Waals surface area (Å²) in [5.41, 5.74) is 1.96. The molecule has 0 spiro atoms. The summed E-state index contributed by atoms with van der Waals surface area (Å²) in [6.07, 6.45) is 0.591. The lowest BCUT2D eigenvalue weighted by molar-refractivity contribution is 0.0224. The van der Waals surface area contributed by atoms with E-state index in [1.165, 1.54) is 11.1 Å². The molecule has 5 heteroatoms. The summed E-state index contributed by atoms with van der Waals surface area (Å²) < 4.78 is 11.0. The molecule has 116 valence electrons. The highest BCUT2D eigenvalue weighted by Gasteiger charge is 2.25. The Balaban J connectivity index is 2.02. The summed E-state index contributed by atoms with van der Waals surface area (Å²) in [6.45, 7) is 7.60. The molecule has 0 N–H and O–H groups in total. The van der Waals surface area contributed by atoms with Crippen LogP contribution in [0.1, 0.15) is 31.9 Å². The summed E-state index contributed by atoms with van der Waals surface area (Å²) in [5.74, 6) is 0.888. The molecule has 2 rings (SSSR count). The number of halogens is 1. The quantitative estimate of drug-likeness (QED) is 0.775. The number of hydrogen-bond donors (Lipinski definition) is 0. The van der Waals surface area contributed by atoms with Crippen molar-refractivity contribution in [2.75, 3.05) is 18.5 Å². The predicted octanol–water partition coefficient (Wildman–Crippen LogP) is 3.75. The van der Waals surface area contributed by atoms with Crippen LogP contribution in [0, 0.1) is 0 Å². The van der Waals surface area contributed by atoms with Crippen LogP contribution < -0.4 is 4.74 Å². The largest absolute Gasteiger partial charge is 0.493 e. The Hall–Kier alpha value is -1.23. The van der Waals surface area contributed by atoms with Crippen molar-refractivity contribution < 1.29 is 14.3 Å². The van der Waals surface area contributed by atoms with Gasteiger partial charge >= 0.3 is 6.09 Å². The summed E-state index contributed by atoms with van der Waals surface area (Å²) in [5, 5.41) is 0.816. The van der Waals surface area contributed by atoms with E-state index in [1.54, 1.807) is 4.90 Å². The van der Waals surface area contributed by atoms with Crippen LogP contribution in [-0.4, -0.2) is 35.1 Å². The minimum absolute atomic E-state index is 0.243. The van der Waals surface area contributed by atoms with Crippen LogP contribution in [0.4, 0.5) is 4.79 Å². The number of fused-ring (bicyclic) bond motifs is 1. The Morgan fingerprint density at radius 3 is 2.76 bits per heavy atom. The van der Waals surface area contributed by atoms with Gasteiger partial charge in [-0.1, -0.05) is 22.0 Å². The number of alkyl halides is 1. The molecule has 1 aliphatic heterocycles.